The van der Waals surface area contributed by atoms with Crippen molar-refractivity contribution in [3.63, 3.8) is 0 Å². The van der Waals surface area contributed by atoms with Crippen molar-refractivity contribution in [2.75, 3.05) is 13.7 Å². The van der Waals surface area contributed by atoms with E-state index in [0.717, 1.165) is 11.1 Å². The number of ether oxygens (including phenoxy) is 2. The van der Waals surface area contributed by atoms with Crippen molar-refractivity contribution in [3.8, 4) is 11.5 Å². The van der Waals surface area contributed by atoms with Gasteiger partial charge in [0, 0.05) is 12.6 Å². The van der Waals surface area contributed by atoms with E-state index in [2.05, 4.69) is 0 Å². The van der Waals surface area contributed by atoms with Crippen LogP contribution in [-0.2, 0) is 6.61 Å². The van der Waals surface area contributed by atoms with Crippen LogP contribution in [0.3, 0.4) is 0 Å². The number of rotatable bonds is 6. The Balaban J connectivity index is 2.10. The van der Waals surface area contributed by atoms with E-state index >= 15 is 0 Å². The largest absolute Gasteiger partial charge is 0.493 e. The highest BCUT2D eigenvalue weighted by Crippen LogP contribution is 2.30. The molecule has 0 fully saturated rings. The van der Waals surface area contributed by atoms with Crippen LogP contribution in [0.15, 0.2) is 42.5 Å². The molecule has 21 heavy (non-hydrogen) atoms. The van der Waals surface area contributed by atoms with Gasteiger partial charge in [-0.3, -0.25) is 0 Å². The third-order valence-corrected chi connectivity index (χ3v) is 3.18. The lowest BCUT2D eigenvalue weighted by Crippen LogP contribution is -2.20. The number of nitrogens with two attached hydrogens (primary N) is 2. The zero-order valence-corrected chi connectivity index (χ0v) is 11.9. The highest BCUT2D eigenvalue weighted by atomic mass is 19.1. The number of benzene rings is 2. The number of hydrogen-bond donors (Lipinski definition) is 2. The second-order valence-electron chi connectivity index (χ2n) is 4.67. The third kappa shape index (κ3) is 3.93. The molecule has 0 amide bonds. The first-order valence-electron chi connectivity index (χ1n) is 6.65. The quantitative estimate of drug-likeness (QED) is 0.857. The molecule has 2 aromatic carbocycles. The van der Waals surface area contributed by atoms with E-state index in [-0.39, 0.29) is 11.9 Å². The van der Waals surface area contributed by atoms with E-state index in [0.29, 0.717) is 24.7 Å². The van der Waals surface area contributed by atoms with Gasteiger partial charge in [-0.05, 0) is 35.4 Å². The Bertz CT molecular complexity index is 587. The molecule has 0 aromatic heterocycles. The van der Waals surface area contributed by atoms with E-state index < -0.39 is 0 Å². The van der Waals surface area contributed by atoms with Crippen LogP contribution < -0.4 is 20.9 Å². The molecular weight excluding hydrogens is 271 g/mol. The van der Waals surface area contributed by atoms with Crippen molar-refractivity contribution >= 4 is 0 Å². The summed E-state index contributed by atoms with van der Waals surface area (Å²) in [5, 5.41) is 0. The topological polar surface area (TPSA) is 70.5 Å². The minimum atomic E-state index is -0.267. The van der Waals surface area contributed by atoms with Crippen LogP contribution in [0.2, 0.25) is 0 Å². The highest BCUT2D eigenvalue weighted by Gasteiger charge is 2.10. The van der Waals surface area contributed by atoms with Crippen LogP contribution in [0.1, 0.15) is 17.2 Å². The maximum atomic E-state index is 12.8. The summed E-state index contributed by atoms with van der Waals surface area (Å²) in [5.41, 5.74) is 13.2. The van der Waals surface area contributed by atoms with E-state index in [1.807, 2.05) is 12.1 Å². The lowest BCUT2D eigenvalue weighted by atomic mass is 10.1. The lowest BCUT2D eigenvalue weighted by molar-refractivity contribution is 0.284. The van der Waals surface area contributed by atoms with Gasteiger partial charge in [0.15, 0.2) is 11.5 Å². The Morgan fingerprint density at radius 1 is 1.10 bits per heavy atom. The van der Waals surface area contributed by atoms with Crippen molar-refractivity contribution < 1.29 is 13.9 Å². The van der Waals surface area contributed by atoms with Gasteiger partial charge in [0.05, 0.1) is 7.11 Å². The molecule has 0 bridgehead atoms. The molecule has 0 aliphatic heterocycles. The summed E-state index contributed by atoms with van der Waals surface area (Å²) in [4.78, 5) is 0. The average molecular weight is 290 g/mol. The van der Waals surface area contributed by atoms with Gasteiger partial charge < -0.3 is 20.9 Å². The monoisotopic (exact) mass is 290 g/mol. The van der Waals surface area contributed by atoms with Crippen molar-refractivity contribution in [1.82, 2.24) is 0 Å². The Morgan fingerprint density at radius 3 is 2.43 bits per heavy atom. The van der Waals surface area contributed by atoms with Crippen molar-refractivity contribution in [2.45, 2.75) is 12.6 Å². The number of halogens is 1. The molecule has 5 heteroatoms. The summed E-state index contributed by atoms with van der Waals surface area (Å²) in [5.74, 6) is 0.935. The molecule has 1 atom stereocenters. The van der Waals surface area contributed by atoms with Crippen LogP contribution in [0.4, 0.5) is 4.39 Å². The van der Waals surface area contributed by atoms with Gasteiger partial charge in [-0.15, -0.1) is 0 Å². The van der Waals surface area contributed by atoms with Crippen molar-refractivity contribution in [3.05, 3.63) is 59.4 Å². The molecule has 4 nitrogen and oxygen atoms in total. The van der Waals surface area contributed by atoms with Crippen LogP contribution in [0, 0.1) is 5.82 Å². The normalized spacial score (nSPS) is 12.0. The lowest BCUT2D eigenvalue weighted by Gasteiger charge is -2.14. The second-order valence-corrected chi connectivity index (χ2v) is 4.67. The molecule has 2 aromatic rings. The fourth-order valence-electron chi connectivity index (χ4n) is 1.91. The minimum absolute atomic E-state index is 0.231. The highest BCUT2D eigenvalue weighted by molar-refractivity contribution is 5.44. The van der Waals surface area contributed by atoms with E-state index in [1.165, 1.54) is 12.1 Å². The number of methoxy groups -OCH3 is 1. The van der Waals surface area contributed by atoms with Gasteiger partial charge in [-0.1, -0.05) is 18.2 Å². The van der Waals surface area contributed by atoms with Gasteiger partial charge >= 0.3 is 0 Å². The summed E-state index contributed by atoms with van der Waals surface area (Å²) in [6.45, 7) is 0.692. The molecule has 0 heterocycles. The molecule has 2 rings (SSSR count). The van der Waals surface area contributed by atoms with Crippen molar-refractivity contribution in [1.29, 1.82) is 0 Å². The molecular formula is C16H19FN2O2. The van der Waals surface area contributed by atoms with E-state index in [4.69, 9.17) is 20.9 Å². The zero-order chi connectivity index (χ0) is 15.2. The molecule has 112 valence electrons. The second kappa shape index (κ2) is 7.06. The van der Waals surface area contributed by atoms with Gasteiger partial charge in [0.1, 0.15) is 12.4 Å². The molecule has 0 aliphatic carbocycles. The first-order valence-corrected chi connectivity index (χ1v) is 6.65. The smallest absolute Gasteiger partial charge is 0.161 e. The maximum Gasteiger partial charge on any atom is 0.161 e. The summed E-state index contributed by atoms with van der Waals surface area (Å²) in [7, 11) is 1.57. The fraction of sp³-hybridized carbons (Fsp3) is 0.250. The molecule has 4 N–H and O–H groups in total. The molecule has 0 spiro atoms. The van der Waals surface area contributed by atoms with E-state index in [1.54, 1.807) is 25.3 Å². The fourth-order valence-corrected chi connectivity index (χ4v) is 1.91. The summed E-state index contributed by atoms with van der Waals surface area (Å²) in [6, 6.07) is 11.4. The SMILES string of the molecule is COc1cc(C(N)CN)ccc1OCc1ccc(F)cc1. The molecule has 1 unspecified atom stereocenters. The van der Waals surface area contributed by atoms with E-state index in [9.17, 15) is 4.39 Å². The standard InChI is InChI=1S/C16H19FN2O2/c1-20-16-8-12(14(19)9-18)4-7-15(16)21-10-11-2-5-13(17)6-3-11/h2-8,14H,9-10,18-19H2,1H3. The summed E-state index contributed by atoms with van der Waals surface area (Å²) in [6.07, 6.45) is 0. The van der Waals surface area contributed by atoms with Crippen molar-refractivity contribution in [2.24, 2.45) is 11.5 Å². The van der Waals surface area contributed by atoms with Crippen LogP contribution in [-0.4, -0.2) is 13.7 Å². The minimum Gasteiger partial charge on any atom is -0.493 e. The number of hydrogen-bond acceptors (Lipinski definition) is 4. The van der Waals surface area contributed by atoms with Crippen LogP contribution in [0.5, 0.6) is 11.5 Å². The Morgan fingerprint density at radius 2 is 1.81 bits per heavy atom. The third-order valence-electron chi connectivity index (χ3n) is 3.18. The Labute approximate surface area is 123 Å². The Hall–Kier alpha value is -2.11. The zero-order valence-electron chi connectivity index (χ0n) is 11.9. The van der Waals surface area contributed by atoms with Crippen LogP contribution >= 0.6 is 0 Å². The molecule has 0 saturated heterocycles. The van der Waals surface area contributed by atoms with Crippen LogP contribution in [0.25, 0.3) is 0 Å². The van der Waals surface area contributed by atoms with Gasteiger partial charge in [0.25, 0.3) is 0 Å². The predicted molar refractivity (Wildman–Crippen MR) is 79.7 cm³/mol. The molecule has 0 aliphatic rings. The first kappa shape index (κ1) is 15.3. The van der Waals surface area contributed by atoms with Gasteiger partial charge in [0.2, 0.25) is 0 Å². The molecule has 0 radical (unpaired) electrons. The van der Waals surface area contributed by atoms with Gasteiger partial charge in [-0.2, -0.15) is 0 Å². The van der Waals surface area contributed by atoms with Gasteiger partial charge in [-0.25, -0.2) is 4.39 Å². The maximum absolute atomic E-state index is 12.8. The molecule has 0 saturated carbocycles. The Kier molecular flexibility index (Phi) is 5.14. The first-order chi connectivity index (χ1) is 10.1. The summed E-state index contributed by atoms with van der Waals surface area (Å²) >= 11 is 0. The average Bonchev–Trinajstić information content (AvgIpc) is 2.53. The summed E-state index contributed by atoms with van der Waals surface area (Å²) < 4.78 is 23.8. The predicted octanol–water partition coefficient (Wildman–Crippen LogP) is 2.37.